The van der Waals surface area contributed by atoms with Crippen LogP contribution < -0.4 is 4.72 Å². The summed E-state index contributed by atoms with van der Waals surface area (Å²) in [6.45, 7) is 3.46. The van der Waals surface area contributed by atoms with Crippen molar-refractivity contribution in [3.8, 4) is 0 Å². The first-order chi connectivity index (χ1) is 8.27. The van der Waals surface area contributed by atoms with E-state index in [1.807, 2.05) is 13.8 Å². The summed E-state index contributed by atoms with van der Waals surface area (Å²) in [4.78, 5) is 0.149. The lowest BCUT2D eigenvalue weighted by molar-refractivity contribution is 0.227. The second-order valence-corrected chi connectivity index (χ2v) is 7.68. The average Bonchev–Trinajstić information content (AvgIpc) is 2.28. The molecule has 0 saturated carbocycles. The predicted molar refractivity (Wildman–Crippen MR) is 77.9 cm³/mol. The van der Waals surface area contributed by atoms with E-state index in [9.17, 15) is 13.5 Å². The van der Waals surface area contributed by atoms with E-state index in [2.05, 4.69) is 36.6 Å². The van der Waals surface area contributed by atoms with Crippen molar-refractivity contribution in [3.63, 3.8) is 0 Å². The molecule has 4 nitrogen and oxygen atoms in total. The Bertz CT molecular complexity index is 517. The van der Waals surface area contributed by atoms with Gasteiger partial charge < -0.3 is 5.11 Å². The van der Waals surface area contributed by atoms with Crippen LogP contribution in [0.5, 0.6) is 0 Å². The Balaban J connectivity index is 3.10. The van der Waals surface area contributed by atoms with Crippen molar-refractivity contribution in [1.29, 1.82) is 0 Å². The standard InChI is InChI=1S/C11H15Br2NO3S/c1-7(2)10(6-15)14-18(16,17)11-5-8(12)3-4-9(11)13/h3-5,7,10,14-15H,6H2,1-2H3. The van der Waals surface area contributed by atoms with Crippen molar-refractivity contribution in [2.75, 3.05) is 6.61 Å². The molecule has 1 aromatic carbocycles. The Morgan fingerprint density at radius 2 is 1.94 bits per heavy atom. The maximum atomic E-state index is 12.2. The number of hydrogen-bond donors (Lipinski definition) is 2. The molecule has 102 valence electrons. The van der Waals surface area contributed by atoms with Crippen molar-refractivity contribution in [1.82, 2.24) is 4.72 Å². The Labute approximate surface area is 124 Å². The summed E-state index contributed by atoms with van der Waals surface area (Å²) in [6.07, 6.45) is 0. The molecule has 1 unspecified atom stereocenters. The van der Waals surface area contributed by atoms with Crippen molar-refractivity contribution < 1.29 is 13.5 Å². The van der Waals surface area contributed by atoms with Crippen molar-refractivity contribution in [2.45, 2.75) is 24.8 Å². The van der Waals surface area contributed by atoms with Gasteiger partial charge in [0.25, 0.3) is 0 Å². The number of aliphatic hydroxyl groups is 1. The highest BCUT2D eigenvalue weighted by molar-refractivity contribution is 9.11. The summed E-state index contributed by atoms with van der Waals surface area (Å²) in [5, 5.41) is 9.18. The van der Waals surface area contributed by atoms with Gasteiger partial charge in [0.05, 0.1) is 11.5 Å². The van der Waals surface area contributed by atoms with Crippen molar-refractivity contribution in [2.24, 2.45) is 5.92 Å². The fourth-order valence-corrected chi connectivity index (χ4v) is 4.21. The lowest BCUT2D eigenvalue weighted by Crippen LogP contribution is -2.41. The zero-order chi connectivity index (χ0) is 13.9. The topological polar surface area (TPSA) is 66.4 Å². The van der Waals surface area contributed by atoms with Gasteiger partial charge in [0.15, 0.2) is 0 Å². The Morgan fingerprint density at radius 3 is 2.44 bits per heavy atom. The molecule has 0 saturated heterocycles. The second kappa shape index (κ2) is 6.47. The SMILES string of the molecule is CC(C)C(CO)NS(=O)(=O)c1cc(Br)ccc1Br. The number of halogens is 2. The fraction of sp³-hybridized carbons (Fsp3) is 0.455. The molecule has 0 aliphatic rings. The van der Waals surface area contributed by atoms with Gasteiger partial charge in [-0.05, 0) is 40.0 Å². The molecule has 0 spiro atoms. The first-order valence-electron chi connectivity index (χ1n) is 5.36. The Hall–Kier alpha value is 0.0500. The van der Waals surface area contributed by atoms with Gasteiger partial charge in [0.1, 0.15) is 0 Å². The highest BCUT2D eigenvalue weighted by atomic mass is 79.9. The summed E-state index contributed by atoms with van der Waals surface area (Å²) < 4.78 is 28.1. The van der Waals surface area contributed by atoms with Crippen LogP contribution in [0.25, 0.3) is 0 Å². The molecule has 7 heteroatoms. The summed E-state index contributed by atoms with van der Waals surface area (Å²) in [7, 11) is -3.66. The molecule has 0 heterocycles. The lowest BCUT2D eigenvalue weighted by atomic mass is 10.1. The fourth-order valence-electron chi connectivity index (χ4n) is 1.33. The van der Waals surface area contributed by atoms with Crippen LogP contribution in [0.4, 0.5) is 0 Å². The molecule has 2 N–H and O–H groups in total. The van der Waals surface area contributed by atoms with Gasteiger partial charge in [-0.1, -0.05) is 29.8 Å². The highest BCUT2D eigenvalue weighted by Crippen LogP contribution is 2.26. The summed E-state index contributed by atoms with van der Waals surface area (Å²) in [5.74, 6) is 0.00991. The molecular formula is C11H15Br2NO3S. The van der Waals surface area contributed by atoms with Crippen LogP contribution in [-0.4, -0.2) is 26.2 Å². The first-order valence-corrected chi connectivity index (χ1v) is 8.43. The molecular weight excluding hydrogens is 386 g/mol. The maximum absolute atomic E-state index is 12.2. The van der Waals surface area contributed by atoms with E-state index >= 15 is 0 Å². The van der Waals surface area contributed by atoms with Crippen LogP contribution in [0, 0.1) is 5.92 Å². The minimum atomic E-state index is -3.66. The average molecular weight is 401 g/mol. The van der Waals surface area contributed by atoms with Gasteiger partial charge >= 0.3 is 0 Å². The van der Waals surface area contributed by atoms with E-state index in [4.69, 9.17) is 0 Å². The Kier molecular flexibility index (Phi) is 5.79. The molecule has 0 radical (unpaired) electrons. The molecule has 0 bridgehead atoms. The van der Waals surface area contributed by atoms with Crippen LogP contribution in [0.3, 0.4) is 0 Å². The normalized spacial score (nSPS) is 13.9. The number of rotatable bonds is 5. The molecule has 0 aromatic heterocycles. The largest absolute Gasteiger partial charge is 0.395 e. The van der Waals surface area contributed by atoms with Crippen LogP contribution >= 0.6 is 31.9 Å². The second-order valence-electron chi connectivity index (χ2n) is 4.23. The molecule has 18 heavy (non-hydrogen) atoms. The zero-order valence-corrected chi connectivity index (χ0v) is 14.0. The van der Waals surface area contributed by atoms with Crippen LogP contribution in [-0.2, 0) is 10.0 Å². The van der Waals surface area contributed by atoms with Gasteiger partial charge in [-0.15, -0.1) is 0 Å². The van der Waals surface area contributed by atoms with E-state index in [-0.39, 0.29) is 17.4 Å². The molecule has 0 aliphatic heterocycles. The van der Waals surface area contributed by atoms with Gasteiger partial charge in [-0.3, -0.25) is 0 Å². The van der Waals surface area contributed by atoms with E-state index in [0.717, 1.165) is 0 Å². The van der Waals surface area contributed by atoms with Crippen LogP contribution in [0.15, 0.2) is 32.0 Å². The third-order valence-corrected chi connectivity index (χ3v) is 5.47. The van der Waals surface area contributed by atoms with E-state index in [0.29, 0.717) is 8.95 Å². The molecule has 1 aromatic rings. The van der Waals surface area contributed by atoms with E-state index in [1.54, 1.807) is 12.1 Å². The molecule has 1 atom stereocenters. The third-order valence-electron chi connectivity index (χ3n) is 2.49. The van der Waals surface area contributed by atoms with Crippen molar-refractivity contribution in [3.05, 3.63) is 27.1 Å². The molecule has 0 amide bonds. The van der Waals surface area contributed by atoms with E-state index in [1.165, 1.54) is 6.07 Å². The summed E-state index contributed by atoms with van der Waals surface area (Å²) in [6, 6.07) is 4.42. The van der Waals surface area contributed by atoms with Crippen LogP contribution in [0.2, 0.25) is 0 Å². The first kappa shape index (κ1) is 16.1. The summed E-state index contributed by atoms with van der Waals surface area (Å²) in [5.41, 5.74) is 0. The smallest absolute Gasteiger partial charge is 0.242 e. The monoisotopic (exact) mass is 399 g/mol. The quantitative estimate of drug-likeness (QED) is 0.797. The van der Waals surface area contributed by atoms with Crippen molar-refractivity contribution >= 4 is 41.9 Å². The van der Waals surface area contributed by atoms with Gasteiger partial charge in [-0.25, -0.2) is 13.1 Å². The number of benzene rings is 1. The maximum Gasteiger partial charge on any atom is 0.242 e. The van der Waals surface area contributed by atoms with Gasteiger partial charge in [0, 0.05) is 15.0 Å². The van der Waals surface area contributed by atoms with Gasteiger partial charge in [0.2, 0.25) is 10.0 Å². The summed E-state index contributed by atoms with van der Waals surface area (Å²) >= 11 is 6.45. The van der Waals surface area contributed by atoms with Gasteiger partial charge in [-0.2, -0.15) is 0 Å². The molecule has 0 fully saturated rings. The number of nitrogens with one attached hydrogen (secondary N) is 1. The molecule has 0 aliphatic carbocycles. The minimum absolute atomic E-state index is 0.00991. The Morgan fingerprint density at radius 1 is 1.33 bits per heavy atom. The third kappa shape index (κ3) is 4.03. The highest BCUT2D eigenvalue weighted by Gasteiger charge is 2.23. The lowest BCUT2D eigenvalue weighted by Gasteiger charge is -2.20. The number of sulfonamides is 1. The number of hydrogen-bond acceptors (Lipinski definition) is 3. The number of aliphatic hydroxyl groups excluding tert-OH is 1. The zero-order valence-electron chi connectivity index (χ0n) is 10.0. The van der Waals surface area contributed by atoms with Crippen LogP contribution in [0.1, 0.15) is 13.8 Å². The molecule has 1 rings (SSSR count). The minimum Gasteiger partial charge on any atom is -0.395 e. The van der Waals surface area contributed by atoms with E-state index < -0.39 is 16.1 Å². The predicted octanol–water partition coefficient (Wildman–Crippen LogP) is 2.51.